The molecule has 0 heterocycles. The van der Waals surface area contributed by atoms with E-state index in [1.54, 1.807) is 6.07 Å². The van der Waals surface area contributed by atoms with E-state index in [0.717, 1.165) is 12.8 Å². The number of hydrogen-bond acceptors (Lipinski definition) is 3. The summed E-state index contributed by atoms with van der Waals surface area (Å²) in [6, 6.07) is 5.77. The minimum absolute atomic E-state index is 0.442. The molecule has 0 radical (unpaired) electrons. The molecule has 0 bridgehead atoms. The Kier molecular flexibility index (Phi) is 4.96. The van der Waals surface area contributed by atoms with E-state index < -0.39 is 26.4 Å². The second-order valence-corrected chi connectivity index (χ2v) is 8.40. The topological polar surface area (TPSA) is 43.4 Å². The summed E-state index contributed by atoms with van der Waals surface area (Å²) in [6.45, 7) is 0. The van der Waals surface area contributed by atoms with E-state index in [4.69, 9.17) is 27.9 Å². The molecule has 0 aromatic heterocycles. The van der Waals surface area contributed by atoms with Crippen molar-refractivity contribution in [3.05, 3.63) is 35.6 Å². The van der Waals surface area contributed by atoms with Crippen molar-refractivity contribution in [2.75, 3.05) is 0 Å². The zero-order valence-electron chi connectivity index (χ0n) is 10.9. The summed E-state index contributed by atoms with van der Waals surface area (Å²) in [5.41, 5.74) is -0.522. The third kappa shape index (κ3) is 3.58. The molecular formula is C14H12BrCl2FO3. The molecule has 0 N–H and O–H groups in total. The molecule has 114 valence electrons. The number of esters is 2. The van der Waals surface area contributed by atoms with Gasteiger partial charge in [0.25, 0.3) is 3.24 Å². The largest absolute Gasteiger partial charge is 0.390 e. The number of carbonyl (C=O) groups excluding carboxylic acids is 2. The Hall–Kier alpha value is -0.650. The van der Waals surface area contributed by atoms with Crippen LogP contribution in [0.4, 0.5) is 4.39 Å². The third-order valence-electron chi connectivity index (χ3n) is 3.64. The fourth-order valence-corrected chi connectivity index (χ4v) is 2.77. The van der Waals surface area contributed by atoms with Crippen LogP contribution in [0.3, 0.4) is 0 Å². The smallest absolute Gasteiger partial charge is 0.361 e. The van der Waals surface area contributed by atoms with E-state index in [-0.39, 0.29) is 0 Å². The average molecular weight is 398 g/mol. The first-order chi connectivity index (χ1) is 9.75. The van der Waals surface area contributed by atoms with E-state index >= 15 is 0 Å². The Morgan fingerprint density at radius 3 is 2.43 bits per heavy atom. The maximum atomic E-state index is 13.4. The van der Waals surface area contributed by atoms with Crippen LogP contribution in [0.25, 0.3) is 0 Å². The van der Waals surface area contributed by atoms with Crippen LogP contribution in [-0.2, 0) is 19.7 Å². The lowest BCUT2D eigenvalue weighted by molar-refractivity contribution is -0.163. The van der Waals surface area contributed by atoms with Crippen molar-refractivity contribution in [3.63, 3.8) is 0 Å². The van der Waals surface area contributed by atoms with Gasteiger partial charge in [-0.05, 0) is 46.5 Å². The van der Waals surface area contributed by atoms with Gasteiger partial charge in [-0.2, -0.15) is 0 Å². The zero-order valence-corrected chi connectivity index (χ0v) is 14.0. The highest BCUT2D eigenvalue weighted by atomic mass is 79.9. The van der Waals surface area contributed by atoms with Gasteiger partial charge in [0.05, 0.1) is 5.41 Å². The lowest BCUT2D eigenvalue weighted by Crippen LogP contribution is -2.38. The summed E-state index contributed by atoms with van der Waals surface area (Å²) in [4.78, 5) is 24.1. The van der Waals surface area contributed by atoms with E-state index in [1.165, 1.54) is 18.2 Å². The van der Waals surface area contributed by atoms with Crippen LogP contribution in [-0.4, -0.2) is 15.2 Å². The standard InChI is InChI=1S/C14H12BrCl2FO3/c15-14(16,17)12(20)21-11(19)13(6-1-2-7-13)9-4-3-5-10(18)8-9/h3-5,8H,1-2,6-7H2. The molecule has 1 saturated carbocycles. The second kappa shape index (κ2) is 6.23. The highest BCUT2D eigenvalue weighted by Crippen LogP contribution is 2.43. The molecule has 0 amide bonds. The van der Waals surface area contributed by atoms with Crippen LogP contribution < -0.4 is 0 Å². The van der Waals surface area contributed by atoms with Crippen LogP contribution in [0, 0.1) is 5.82 Å². The first kappa shape index (κ1) is 16.7. The average Bonchev–Trinajstić information content (AvgIpc) is 2.88. The van der Waals surface area contributed by atoms with Crippen molar-refractivity contribution >= 4 is 51.1 Å². The van der Waals surface area contributed by atoms with Crippen molar-refractivity contribution in [1.29, 1.82) is 0 Å². The molecule has 1 aliphatic carbocycles. The van der Waals surface area contributed by atoms with Crippen LogP contribution in [0.2, 0.25) is 0 Å². The van der Waals surface area contributed by atoms with Gasteiger partial charge in [-0.1, -0.05) is 48.2 Å². The van der Waals surface area contributed by atoms with Crippen molar-refractivity contribution in [1.82, 2.24) is 0 Å². The SMILES string of the molecule is O=C(OC(=O)C1(c2cccc(F)c2)CCCC1)C(Cl)(Cl)Br. The molecule has 3 nitrogen and oxygen atoms in total. The molecule has 0 unspecified atom stereocenters. The molecule has 2 rings (SSSR count). The fourth-order valence-electron chi connectivity index (χ4n) is 2.62. The van der Waals surface area contributed by atoms with Gasteiger partial charge in [-0.25, -0.2) is 9.18 Å². The molecule has 0 atom stereocenters. The Labute approximate surface area is 139 Å². The molecule has 1 aromatic carbocycles. The van der Waals surface area contributed by atoms with Gasteiger partial charge in [0.2, 0.25) is 0 Å². The van der Waals surface area contributed by atoms with Gasteiger partial charge in [0.15, 0.2) is 0 Å². The summed E-state index contributed by atoms with van der Waals surface area (Å²) in [6.07, 6.45) is 2.56. The highest BCUT2D eigenvalue weighted by Gasteiger charge is 2.47. The van der Waals surface area contributed by atoms with Crippen molar-refractivity contribution in [3.8, 4) is 0 Å². The van der Waals surface area contributed by atoms with Gasteiger partial charge in [0.1, 0.15) is 5.82 Å². The molecule has 0 aliphatic heterocycles. The monoisotopic (exact) mass is 396 g/mol. The summed E-state index contributed by atoms with van der Waals surface area (Å²) >= 11 is 13.8. The van der Waals surface area contributed by atoms with Gasteiger partial charge in [0, 0.05) is 0 Å². The Balaban J connectivity index is 2.31. The normalized spacial score (nSPS) is 17.5. The molecule has 1 aromatic rings. The van der Waals surface area contributed by atoms with Crippen LogP contribution in [0.1, 0.15) is 31.2 Å². The number of hydrogen-bond donors (Lipinski definition) is 0. The van der Waals surface area contributed by atoms with E-state index in [2.05, 4.69) is 15.9 Å². The molecule has 1 fully saturated rings. The molecule has 0 spiro atoms. The lowest BCUT2D eigenvalue weighted by atomic mass is 9.79. The van der Waals surface area contributed by atoms with E-state index in [1.807, 2.05) is 0 Å². The number of benzene rings is 1. The quantitative estimate of drug-likeness (QED) is 0.435. The molecule has 7 heteroatoms. The maximum absolute atomic E-state index is 13.4. The molecule has 0 saturated heterocycles. The Bertz CT molecular complexity index is 566. The van der Waals surface area contributed by atoms with Crippen LogP contribution in [0.5, 0.6) is 0 Å². The first-order valence-corrected chi connectivity index (χ1v) is 7.90. The molecule has 1 aliphatic rings. The number of alkyl halides is 3. The highest BCUT2D eigenvalue weighted by molar-refractivity contribution is 9.11. The summed E-state index contributed by atoms with van der Waals surface area (Å²) in [5.74, 6) is -2.29. The van der Waals surface area contributed by atoms with Gasteiger partial charge < -0.3 is 4.74 Å². The maximum Gasteiger partial charge on any atom is 0.361 e. The zero-order chi connectivity index (χ0) is 15.7. The number of rotatable bonds is 3. The van der Waals surface area contributed by atoms with Gasteiger partial charge >= 0.3 is 11.9 Å². The van der Waals surface area contributed by atoms with E-state index in [0.29, 0.717) is 18.4 Å². The van der Waals surface area contributed by atoms with E-state index in [9.17, 15) is 14.0 Å². The minimum Gasteiger partial charge on any atom is -0.390 e. The lowest BCUT2D eigenvalue weighted by Gasteiger charge is -2.27. The third-order valence-corrected chi connectivity index (χ3v) is 4.27. The number of carbonyl (C=O) groups is 2. The number of ether oxygens (including phenoxy) is 1. The Morgan fingerprint density at radius 1 is 1.29 bits per heavy atom. The van der Waals surface area contributed by atoms with Crippen LogP contribution >= 0.6 is 39.1 Å². The molecular weight excluding hydrogens is 386 g/mol. The second-order valence-electron chi connectivity index (χ2n) is 4.97. The summed E-state index contributed by atoms with van der Waals surface area (Å²) < 4.78 is 16.2. The fraction of sp³-hybridized carbons (Fsp3) is 0.429. The van der Waals surface area contributed by atoms with Crippen LogP contribution in [0.15, 0.2) is 24.3 Å². The van der Waals surface area contributed by atoms with Gasteiger partial charge in [-0.15, -0.1) is 0 Å². The molecule has 21 heavy (non-hydrogen) atoms. The Morgan fingerprint density at radius 2 is 1.90 bits per heavy atom. The first-order valence-electron chi connectivity index (χ1n) is 6.35. The number of halogens is 4. The van der Waals surface area contributed by atoms with Crippen molar-refractivity contribution in [2.45, 2.75) is 34.3 Å². The van der Waals surface area contributed by atoms with Crippen molar-refractivity contribution in [2.24, 2.45) is 0 Å². The predicted octanol–water partition coefficient (Wildman–Crippen LogP) is 4.23. The van der Waals surface area contributed by atoms with Gasteiger partial charge in [-0.3, -0.25) is 4.79 Å². The summed E-state index contributed by atoms with van der Waals surface area (Å²) in [5, 5.41) is 0. The predicted molar refractivity (Wildman–Crippen MR) is 81.0 cm³/mol. The summed E-state index contributed by atoms with van der Waals surface area (Å²) in [7, 11) is 0. The van der Waals surface area contributed by atoms with Crippen molar-refractivity contribution < 1.29 is 18.7 Å². The minimum atomic E-state index is -1.98.